The Labute approximate surface area is 137 Å². The van der Waals surface area contributed by atoms with Crippen molar-refractivity contribution >= 4 is 17.7 Å². The van der Waals surface area contributed by atoms with Crippen molar-refractivity contribution in [2.75, 3.05) is 13.2 Å². The number of tetrazole rings is 1. The van der Waals surface area contributed by atoms with Crippen LogP contribution < -0.4 is 5.32 Å². The van der Waals surface area contributed by atoms with Gasteiger partial charge in [0.25, 0.3) is 0 Å². The van der Waals surface area contributed by atoms with Crippen LogP contribution in [0.2, 0.25) is 0 Å². The number of hydrogen-bond acceptors (Lipinski definition) is 7. The van der Waals surface area contributed by atoms with E-state index >= 15 is 0 Å². The number of ether oxygens (including phenoxy) is 1. The number of carbonyl (C=O) groups is 1. The lowest BCUT2D eigenvalue weighted by Gasteiger charge is -2.14. The molecule has 8 nitrogen and oxygen atoms in total. The first-order chi connectivity index (χ1) is 11.2. The summed E-state index contributed by atoms with van der Waals surface area (Å²) in [6.07, 6.45) is 3.81. The van der Waals surface area contributed by atoms with Crippen LogP contribution in [-0.4, -0.2) is 50.6 Å². The van der Waals surface area contributed by atoms with E-state index in [4.69, 9.17) is 9.15 Å². The number of nitrogens with one attached hydrogen (secondary N) is 1. The minimum atomic E-state index is -0.294. The Kier molecular flexibility index (Phi) is 5.29. The molecule has 1 N–H and O–H groups in total. The first kappa shape index (κ1) is 16.0. The fourth-order valence-electron chi connectivity index (χ4n) is 2.31. The minimum Gasteiger partial charge on any atom is -0.467 e. The van der Waals surface area contributed by atoms with Crippen LogP contribution in [0.15, 0.2) is 28.0 Å². The van der Waals surface area contributed by atoms with Crippen LogP contribution in [0.4, 0.5) is 0 Å². The quantitative estimate of drug-likeness (QED) is 0.756. The van der Waals surface area contributed by atoms with Gasteiger partial charge in [-0.15, -0.1) is 5.10 Å². The van der Waals surface area contributed by atoms with Crippen molar-refractivity contribution < 1.29 is 13.9 Å². The summed E-state index contributed by atoms with van der Waals surface area (Å²) in [6.45, 7) is 3.61. The third-order valence-corrected chi connectivity index (χ3v) is 4.63. The van der Waals surface area contributed by atoms with E-state index in [2.05, 4.69) is 20.8 Å². The number of thioether (sulfide) groups is 1. The fraction of sp³-hybridized carbons (Fsp3) is 0.571. The standard InChI is InChI=1S/C14H19N5O3S/c1-10(13(20)15-8-11-4-2-6-21-11)23-14-16-17-18-19(14)9-12-5-3-7-22-12/h3,5,7,10-11H,2,4,6,8-9H2,1H3,(H,15,20). The summed E-state index contributed by atoms with van der Waals surface area (Å²) >= 11 is 1.32. The van der Waals surface area contributed by atoms with Crippen LogP contribution in [0, 0.1) is 0 Å². The van der Waals surface area contributed by atoms with Crippen LogP contribution in [0.1, 0.15) is 25.5 Å². The van der Waals surface area contributed by atoms with E-state index in [1.807, 2.05) is 19.1 Å². The van der Waals surface area contributed by atoms with Crippen LogP contribution in [0.5, 0.6) is 0 Å². The molecule has 9 heteroatoms. The summed E-state index contributed by atoms with van der Waals surface area (Å²) in [5, 5.41) is 14.8. The maximum atomic E-state index is 12.2. The van der Waals surface area contributed by atoms with Gasteiger partial charge < -0.3 is 14.5 Å². The second kappa shape index (κ2) is 7.60. The highest BCUT2D eigenvalue weighted by Crippen LogP contribution is 2.21. The van der Waals surface area contributed by atoms with E-state index in [1.54, 1.807) is 10.9 Å². The third-order valence-electron chi connectivity index (χ3n) is 3.56. The molecule has 0 aliphatic carbocycles. The van der Waals surface area contributed by atoms with Gasteiger partial charge in [-0.3, -0.25) is 4.79 Å². The van der Waals surface area contributed by atoms with Crippen molar-refractivity contribution in [1.29, 1.82) is 0 Å². The zero-order chi connectivity index (χ0) is 16.1. The number of aromatic nitrogens is 4. The predicted molar refractivity (Wildman–Crippen MR) is 82.9 cm³/mol. The van der Waals surface area contributed by atoms with Gasteiger partial charge in [0.05, 0.1) is 17.6 Å². The summed E-state index contributed by atoms with van der Waals surface area (Å²) in [5.74, 6) is 0.715. The highest BCUT2D eigenvalue weighted by atomic mass is 32.2. The molecule has 2 aromatic rings. The molecule has 1 aliphatic rings. The Bertz CT molecular complexity index is 624. The SMILES string of the molecule is CC(Sc1nnnn1Cc1ccco1)C(=O)NCC1CCCO1. The van der Waals surface area contributed by atoms with Gasteiger partial charge in [0.1, 0.15) is 12.3 Å². The zero-order valence-corrected chi connectivity index (χ0v) is 13.7. The number of rotatable bonds is 7. The van der Waals surface area contributed by atoms with Gasteiger partial charge >= 0.3 is 0 Å². The van der Waals surface area contributed by atoms with Crippen LogP contribution in [0.25, 0.3) is 0 Å². The number of nitrogens with zero attached hydrogens (tertiary/aromatic N) is 4. The molecule has 1 amide bonds. The molecule has 0 radical (unpaired) electrons. The van der Waals surface area contributed by atoms with Gasteiger partial charge in [0.15, 0.2) is 0 Å². The minimum absolute atomic E-state index is 0.0435. The summed E-state index contributed by atoms with van der Waals surface area (Å²) in [4.78, 5) is 12.2. The van der Waals surface area contributed by atoms with Crippen LogP contribution in [-0.2, 0) is 16.1 Å². The average Bonchev–Trinajstić information content (AvgIpc) is 3.28. The van der Waals surface area contributed by atoms with Gasteiger partial charge in [0.2, 0.25) is 11.1 Å². The molecule has 0 saturated carbocycles. The molecule has 1 saturated heterocycles. The van der Waals surface area contributed by atoms with Gasteiger partial charge in [0, 0.05) is 13.2 Å². The Morgan fingerprint density at radius 2 is 2.52 bits per heavy atom. The van der Waals surface area contributed by atoms with Crippen molar-refractivity contribution in [2.45, 2.75) is 42.8 Å². The van der Waals surface area contributed by atoms with Gasteiger partial charge in [-0.25, -0.2) is 4.68 Å². The molecule has 23 heavy (non-hydrogen) atoms. The van der Waals surface area contributed by atoms with E-state index < -0.39 is 0 Å². The van der Waals surface area contributed by atoms with Crippen molar-refractivity contribution in [3.05, 3.63) is 24.2 Å². The van der Waals surface area contributed by atoms with Crippen molar-refractivity contribution in [1.82, 2.24) is 25.5 Å². The topological polar surface area (TPSA) is 95.1 Å². The lowest BCUT2D eigenvalue weighted by molar-refractivity contribution is -0.120. The van der Waals surface area contributed by atoms with E-state index in [9.17, 15) is 4.79 Å². The van der Waals surface area contributed by atoms with Crippen molar-refractivity contribution in [3.8, 4) is 0 Å². The molecule has 3 rings (SSSR count). The maximum absolute atomic E-state index is 12.2. The largest absolute Gasteiger partial charge is 0.467 e. The molecule has 3 heterocycles. The molecule has 1 fully saturated rings. The number of hydrogen-bond donors (Lipinski definition) is 1. The van der Waals surface area contributed by atoms with Crippen molar-refractivity contribution in [3.63, 3.8) is 0 Å². The maximum Gasteiger partial charge on any atom is 0.233 e. The Morgan fingerprint density at radius 1 is 1.61 bits per heavy atom. The molecule has 0 bridgehead atoms. The van der Waals surface area contributed by atoms with Gasteiger partial charge in [-0.1, -0.05) is 11.8 Å². The molecular formula is C14H19N5O3S. The second-order valence-electron chi connectivity index (χ2n) is 5.34. The average molecular weight is 337 g/mol. The van der Waals surface area contributed by atoms with Crippen LogP contribution >= 0.6 is 11.8 Å². The molecular weight excluding hydrogens is 318 g/mol. The first-order valence-electron chi connectivity index (χ1n) is 7.57. The molecule has 1 aliphatic heterocycles. The predicted octanol–water partition coefficient (Wildman–Crippen LogP) is 1.09. The highest BCUT2D eigenvalue weighted by molar-refractivity contribution is 8.00. The van der Waals surface area contributed by atoms with E-state index in [1.165, 1.54) is 11.8 Å². The van der Waals surface area contributed by atoms with E-state index in [-0.39, 0.29) is 17.3 Å². The summed E-state index contributed by atoms with van der Waals surface area (Å²) in [6, 6.07) is 3.67. The molecule has 2 unspecified atom stereocenters. The lowest BCUT2D eigenvalue weighted by atomic mass is 10.2. The summed E-state index contributed by atoms with van der Waals surface area (Å²) in [7, 11) is 0. The normalized spacial score (nSPS) is 18.9. The molecule has 2 atom stereocenters. The zero-order valence-electron chi connectivity index (χ0n) is 12.8. The Hall–Kier alpha value is -1.87. The fourth-order valence-corrected chi connectivity index (χ4v) is 3.12. The number of furan rings is 1. The molecule has 124 valence electrons. The summed E-state index contributed by atoms with van der Waals surface area (Å²) in [5.41, 5.74) is 0. The van der Waals surface area contributed by atoms with E-state index in [0.717, 1.165) is 25.2 Å². The monoisotopic (exact) mass is 337 g/mol. The second-order valence-corrected chi connectivity index (χ2v) is 6.65. The van der Waals surface area contributed by atoms with Gasteiger partial charge in [-0.2, -0.15) is 0 Å². The number of amides is 1. The van der Waals surface area contributed by atoms with Crippen LogP contribution in [0.3, 0.4) is 0 Å². The van der Waals surface area contributed by atoms with E-state index in [0.29, 0.717) is 18.2 Å². The lowest BCUT2D eigenvalue weighted by Crippen LogP contribution is -2.36. The van der Waals surface area contributed by atoms with Crippen molar-refractivity contribution in [2.24, 2.45) is 0 Å². The smallest absolute Gasteiger partial charge is 0.233 e. The molecule has 2 aromatic heterocycles. The number of carbonyl (C=O) groups excluding carboxylic acids is 1. The van der Waals surface area contributed by atoms with Gasteiger partial charge in [-0.05, 0) is 42.3 Å². The highest BCUT2D eigenvalue weighted by Gasteiger charge is 2.21. The summed E-state index contributed by atoms with van der Waals surface area (Å²) < 4.78 is 12.4. The Balaban J connectivity index is 1.51. The molecule has 0 spiro atoms. The first-order valence-corrected chi connectivity index (χ1v) is 8.45. The Morgan fingerprint density at radius 3 is 3.26 bits per heavy atom. The molecule has 0 aromatic carbocycles. The third kappa shape index (κ3) is 4.32.